The zero-order valence-corrected chi connectivity index (χ0v) is 14.3. The number of hydrogen-bond donors (Lipinski definition) is 0. The van der Waals surface area contributed by atoms with Gasteiger partial charge in [0.15, 0.2) is 0 Å². The van der Waals surface area contributed by atoms with Crippen molar-refractivity contribution in [2.45, 2.75) is 53.8 Å². The third-order valence-electron chi connectivity index (χ3n) is 3.40. The first kappa shape index (κ1) is 18.2. The summed E-state index contributed by atoms with van der Waals surface area (Å²) in [5, 5.41) is 0. The van der Waals surface area contributed by atoms with E-state index in [0.717, 1.165) is 11.1 Å². The molecule has 0 radical (unpaired) electrons. The average Bonchev–Trinajstić information content (AvgIpc) is 2.46. The number of hydrogen-bond acceptors (Lipinski definition) is 4. The Morgan fingerprint density at radius 2 is 0.955 bits per heavy atom. The van der Waals surface area contributed by atoms with Crippen LogP contribution in [0.1, 0.15) is 64.9 Å². The molecule has 0 bridgehead atoms. The highest BCUT2D eigenvalue weighted by atomic mass is 16.5. The second kappa shape index (κ2) is 7.97. The lowest BCUT2D eigenvalue weighted by atomic mass is 10.0. The monoisotopic (exact) mass is 306 g/mol. The van der Waals surface area contributed by atoms with Crippen LogP contribution in [0.3, 0.4) is 0 Å². The van der Waals surface area contributed by atoms with Gasteiger partial charge in [-0.1, -0.05) is 52.0 Å². The van der Waals surface area contributed by atoms with E-state index in [-0.39, 0.29) is 36.0 Å². The fourth-order valence-corrected chi connectivity index (χ4v) is 1.79. The molecule has 0 aliphatic heterocycles. The molecule has 0 heterocycles. The summed E-state index contributed by atoms with van der Waals surface area (Å²) < 4.78 is 10.7. The maximum absolute atomic E-state index is 11.6. The van der Waals surface area contributed by atoms with Crippen molar-refractivity contribution >= 4 is 11.9 Å². The summed E-state index contributed by atoms with van der Waals surface area (Å²) in [4.78, 5) is 23.2. The molecule has 0 aromatic heterocycles. The van der Waals surface area contributed by atoms with Gasteiger partial charge in [-0.2, -0.15) is 0 Å². The molecular weight excluding hydrogens is 280 g/mol. The molecule has 122 valence electrons. The molecule has 1 aromatic rings. The van der Waals surface area contributed by atoms with Crippen LogP contribution in [0, 0.1) is 11.8 Å². The molecule has 0 spiro atoms. The molecule has 0 N–H and O–H groups in total. The van der Waals surface area contributed by atoms with Crippen LogP contribution < -0.4 is 0 Å². The Morgan fingerprint density at radius 3 is 1.18 bits per heavy atom. The first-order chi connectivity index (χ1) is 10.2. The van der Waals surface area contributed by atoms with Gasteiger partial charge in [0.05, 0.1) is 11.8 Å². The summed E-state index contributed by atoms with van der Waals surface area (Å²) in [6, 6.07) is 7.58. The molecule has 22 heavy (non-hydrogen) atoms. The number of carbonyl (C=O) groups excluding carboxylic acids is 2. The topological polar surface area (TPSA) is 52.6 Å². The Hall–Kier alpha value is -1.84. The Bertz CT molecular complexity index is 455. The van der Waals surface area contributed by atoms with Gasteiger partial charge in [-0.15, -0.1) is 0 Å². The third-order valence-corrected chi connectivity index (χ3v) is 3.40. The lowest BCUT2D eigenvalue weighted by molar-refractivity contribution is -0.153. The lowest BCUT2D eigenvalue weighted by Gasteiger charge is -2.18. The van der Waals surface area contributed by atoms with Crippen LogP contribution in [-0.2, 0) is 19.1 Å². The van der Waals surface area contributed by atoms with Crippen LogP contribution in [0.5, 0.6) is 0 Å². The number of esters is 2. The highest BCUT2D eigenvalue weighted by Crippen LogP contribution is 2.23. The molecule has 0 fully saturated rings. The van der Waals surface area contributed by atoms with Crippen molar-refractivity contribution in [1.29, 1.82) is 0 Å². The molecule has 1 aromatic carbocycles. The van der Waals surface area contributed by atoms with E-state index in [1.165, 1.54) is 0 Å². The van der Waals surface area contributed by atoms with Gasteiger partial charge in [-0.25, -0.2) is 0 Å². The normalized spacial score (nSPS) is 13.8. The van der Waals surface area contributed by atoms with E-state index in [1.54, 1.807) is 0 Å². The zero-order chi connectivity index (χ0) is 16.9. The smallest absolute Gasteiger partial charge is 0.308 e. The van der Waals surface area contributed by atoms with Gasteiger partial charge in [0.1, 0.15) is 12.2 Å². The summed E-state index contributed by atoms with van der Waals surface area (Å²) in [6.07, 6.45) is -0.588. The summed E-state index contributed by atoms with van der Waals surface area (Å²) in [5.74, 6) is -0.707. The van der Waals surface area contributed by atoms with E-state index in [9.17, 15) is 9.59 Å². The van der Waals surface area contributed by atoms with Crippen molar-refractivity contribution in [3.05, 3.63) is 35.4 Å². The SMILES string of the molecule is CC(C)C(=O)O[C@@H](C)c1ccc([C@@H](C)OC(=O)C(C)C)cc1. The van der Waals surface area contributed by atoms with E-state index in [2.05, 4.69) is 0 Å². The Labute approximate surface area is 132 Å². The molecule has 1 rings (SSSR count). The highest BCUT2D eigenvalue weighted by Gasteiger charge is 2.17. The largest absolute Gasteiger partial charge is 0.458 e. The van der Waals surface area contributed by atoms with Crippen molar-refractivity contribution in [3.63, 3.8) is 0 Å². The Balaban J connectivity index is 2.69. The van der Waals surface area contributed by atoms with Crippen LogP contribution >= 0.6 is 0 Å². The number of ether oxygens (including phenoxy) is 2. The second-order valence-electron chi connectivity index (χ2n) is 6.13. The molecule has 0 aliphatic carbocycles. The fraction of sp³-hybridized carbons (Fsp3) is 0.556. The van der Waals surface area contributed by atoms with E-state index >= 15 is 0 Å². The molecule has 0 saturated heterocycles. The van der Waals surface area contributed by atoms with Crippen molar-refractivity contribution in [1.82, 2.24) is 0 Å². The molecule has 0 unspecified atom stereocenters. The molecule has 4 nitrogen and oxygen atoms in total. The fourth-order valence-electron chi connectivity index (χ4n) is 1.79. The minimum absolute atomic E-state index is 0.141. The molecular formula is C18H26O4. The predicted molar refractivity (Wildman–Crippen MR) is 85.1 cm³/mol. The average molecular weight is 306 g/mol. The summed E-state index contributed by atoms with van der Waals surface area (Å²) in [7, 11) is 0. The minimum Gasteiger partial charge on any atom is -0.458 e. The van der Waals surface area contributed by atoms with Crippen LogP contribution in [0.4, 0.5) is 0 Å². The van der Waals surface area contributed by atoms with E-state index < -0.39 is 0 Å². The van der Waals surface area contributed by atoms with Gasteiger partial charge in [0.2, 0.25) is 0 Å². The van der Waals surface area contributed by atoms with Crippen LogP contribution in [0.15, 0.2) is 24.3 Å². The molecule has 0 saturated carbocycles. The van der Waals surface area contributed by atoms with Gasteiger partial charge < -0.3 is 9.47 Å². The Kier molecular flexibility index (Phi) is 6.60. The lowest BCUT2D eigenvalue weighted by Crippen LogP contribution is -2.15. The van der Waals surface area contributed by atoms with Crippen molar-refractivity contribution < 1.29 is 19.1 Å². The number of rotatable bonds is 6. The first-order valence-corrected chi connectivity index (χ1v) is 7.73. The van der Waals surface area contributed by atoms with Gasteiger partial charge in [0.25, 0.3) is 0 Å². The first-order valence-electron chi connectivity index (χ1n) is 7.73. The standard InChI is InChI=1S/C18H26O4/c1-11(2)17(19)21-13(5)15-7-9-16(10-8-15)14(6)22-18(20)12(3)4/h7-14H,1-6H3/t13-,14+. The maximum atomic E-state index is 11.6. The quantitative estimate of drug-likeness (QED) is 0.739. The number of benzene rings is 1. The molecule has 0 amide bonds. The van der Waals surface area contributed by atoms with E-state index in [1.807, 2.05) is 65.8 Å². The summed E-state index contributed by atoms with van der Waals surface area (Å²) in [5.41, 5.74) is 1.83. The van der Waals surface area contributed by atoms with Crippen LogP contribution in [0.25, 0.3) is 0 Å². The molecule has 2 atom stereocenters. The van der Waals surface area contributed by atoms with Gasteiger partial charge >= 0.3 is 11.9 Å². The highest BCUT2D eigenvalue weighted by molar-refractivity contribution is 5.72. The van der Waals surface area contributed by atoms with Crippen LogP contribution in [-0.4, -0.2) is 11.9 Å². The third kappa shape index (κ3) is 5.17. The summed E-state index contributed by atoms with van der Waals surface area (Å²) in [6.45, 7) is 10.9. The van der Waals surface area contributed by atoms with E-state index in [4.69, 9.17) is 9.47 Å². The van der Waals surface area contributed by atoms with Crippen molar-refractivity contribution in [2.24, 2.45) is 11.8 Å². The molecule has 0 aliphatic rings. The second-order valence-corrected chi connectivity index (χ2v) is 6.13. The van der Waals surface area contributed by atoms with E-state index in [0.29, 0.717) is 0 Å². The predicted octanol–water partition coefficient (Wildman–Crippen LogP) is 4.21. The van der Waals surface area contributed by atoms with Crippen molar-refractivity contribution in [3.8, 4) is 0 Å². The maximum Gasteiger partial charge on any atom is 0.308 e. The van der Waals surface area contributed by atoms with Crippen molar-refractivity contribution in [2.75, 3.05) is 0 Å². The van der Waals surface area contributed by atoms with Gasteiger partial charge in [-0.3, -0.25) is 9.59 Å². The summed E-state index contributed by atoms with van der Waals surface area (Å²) >= 11 is 0. The van der Waals surface area contributed by atoms with Gasteiger partial charge in [0, 0.05) is 0 Å². The van der Waals surface area contributed by atoms with Gasteiger partial charge in [-0.05, 0) is 25.0 Å². The zero-order valence-electron chi connectivity index (χ0n) is 14.3. The number of carbonyl (C=O) groups is 2. The molecule has 4 heteroatoms. The minimum atomic E-state index is -0.294. The van der Waals surface area contributed by atoms with Crippen LogP contribution in [0.2, 0.25) is 0 Å². The Morgan fingerprint density at radius 1 is 0.682 bits per heavy atom.